The van der Waals surface area contributed by atoms with E-state index in [1.807, 2.05) is 17.0 Å². The number of nitro benzene ring substituents is 1. The largest absolute Gasteiger partial charge is 0.455 e. The molecule has 3 fully saturated rings. The molecule has 0 bridgehead atoms. The van der Waals surface area contributed by atoms with Gasteiger partial charge in [-0.2, -0.15) is 0 Å². The van der Waals surface area contributed by atoms with Gasteiger partial charge in [0, 0.05) is 36.5 Å². The van der Waals surface area contributed by atoms with Crippen LogP contribution in [0.5, 0.6) is 0 Å². The highest BCUT2D eigenvalue weighted by molar-refractivity contribution is 5.61. The lowest BCUT2D eigenvalue weighted by Crippen LogP contribution is -3.32. The third-order valence-electron chi connectivity index (χ3n) is 7.77. The number of furan rings is 1. The van der Waals surface area contributed by atoms with Crippen molar-refractivity contribution in [3.63, 3.8) is 0 Å². The Hall–Kier alpha value is -2.18. The number of nitrogens with zero attached hydrogens (tertiary/aromatic N) is 1. The van der Waals surface area contributed by atoms with Crippen LogP contribution in [0.2, 0.25) is 0 Å². The van der Waals surface area contributed by atoms with E-state index in [1.165, 1.54) is 70.6 Å². The summed E-state index contributed by atoms with van der Waals surface area (Å²) < 4.78 is 6.20. The van der Waals surface area contributed by atoms with Crippen molar-refractivity contribution in [1.29, 1.82) is 0 Å². The molecule has 2 N–H and O–H groups in total. The van der Waals surface area contributed by atoms with Crippen LogP contribution in [-0.2, 0) is 6.54 Å². The van der Waals surface area contributed by atoms with Gasteiger partial charge in [-0.3, -0.25) is 10.1 Å². The zero-order valence-corrected chi connectivity index (χ0v) is 17.6. The first kappa shape index (κ1) is 19.8. The number of rotatable bonds is 5. The predicted octanol–water partition coefficient (Wildman–Crippen LogP) is 2.25. The van der Waals surface area contributed by atoms with E-state index in [0.29, 0.717) is 0 Å². The molecule has 0 radical (unpaired) electrons. The molecule has 160 valence electrons. The van der Waals surface area contributed by atoms with Crippen LogP contribution in [0.1, 0.15) is 50.7 Å². The topological polar surface area (TPSA) is 65.2 Å². The minimum absolute atomic E-state index is 0.105. The van der Waals surface area contributed by atoms with Gasteiger partial charge in [-0.05, 0) is 25.0 Å². The minimum atomic E-state index is -0.352. The molecule has 0 amide bonds. The van der Waals surface area contributed by atoms with Crippen LogP contribution < -0.4 is 9.80 Å². The van der Waals surface area contributed by atoms with Gasteiger partial charge in [-0.15, -0.1) is 0 Å². The summed E-state index contributed by atoms with van der Waals surface area (Å²) in [6.07, 6.45) is 9.77. The Kier molecular flexibility index (Phi) is 5.61. The van der Waals surface area contributed by atoms with Crippen molar-refractivity contribution in [2.75, 3.05) is 19.6 Å². The molecule has 3 aliphatic rings. The SMILES string of the molecule is O=[N+]([O-])c1cccc(-c2ccc(C[NH+]3CC[NH+]4CCC[C@@H]4[C@@H]3C3CCCCC3)o2)c1. The average Bonchev–Trinajstić information content (AvgIpc) is 3.44. The third-order valence-corrected chi connectivity index (χ3v) is 7.77. The molecule has 2 saturated heterocycles. The molecule has 6 nitrogen and oxygen atoms in total. The molecule has 4 atom stereocenters. The molecule has 6 heteroatoms. The van der Waals surface area contributed by atoms with Crippen molar-refractivity contribution in [3.8, 4) is 11.3 Å². The van der Waals surface area contributed by atoms with Crippen molar-refractivity contribution in [2.24, 2.45) is 5.92 Å². The molecule has 2 aromatic rings. The Morgan fingerprint density at radius 3 is 2.70 bits per heavy atom. The third kappa shape index (κ3) is 3.91. The van der Waals surface area contributed by atoms with E-state index >= 15 is 0 Å². The zero-order valence-electron chi connectivity index (χ0n) is 17.6. The van der Waals surface area contributed by atoms with Crippen molar-refractivity contribution in [1.82, 2.24) is 0 Å². The van der Waals surface area contributed by atoms with Crippen LogP contribution >= 0.6 is 0 Å². The van der Waals surface area contributed by atoms with Gasteiger partial charge in [0.15, 0.2) is 5.76 Å². The minimum Gasteiger partial charge on any atom is -0.455 e. The molecule has 3 heterocycles. The fourth-order valence-corrected chi connectivity index (χ4v) is 6.44. The second kappa shape index (κ2) is 8.52. The van der Waals surface area contributed by atoms with Gasteiger partial charge in [-0.25, -0.2) is 0 Å². The van der Waals surface area contributed by atoms with Crippen LogP contribution in [0.4, 0.5) is 5.69 Å². The highest BCUT2D eigenvalue weighted by atomic mass is 16.6. The van der Waals surface area contributed by atoms with Gasteiger partial charge in [0.1, 0.15) is 37.5 Å². The number of piperazine rings is 1. The van der Waals surface area contributed by atoms with Gasteiger partial charge in [0.05, 0.1) is 11.5 Å². The molecule has 1 aromatic heterocycles. The number of hydrogen-bond acceptors (Lipinski definition) is 3. The molecule has 2 unspecified atom stereocenters. The Morgan fingerprint density at radius 1 is 1.00 bits per heavy atom. The quantitative estimate of drug-likeness (QED) is 0.586. The first-order chi connectivity index (χ1) is 14.7. The van der Waals surface area contributed by atoms with Gasteiger partial charge in [0.25, 0.3) is 5.69 Å². The molecule has 5 rings (SSSR count). The Bertz CT molecular complexity index is 889. The number of benzene rings is 1. The lowest BCUT2D eigenvalue weighted by molar-refractivity contribution is -1.05. The van der Waals surface area contributed by atoms with Crippen molar-refractivity contribution < 1.29 is 19.1 Å². The maximum Gasteiger partial charge on any atom is 0.270 e. The van der Waals surface area contributed by atoms with Gasteiger partial charge < -0.3 is 14.2 Å². The lowest BCUT2D eigenvalue weighted by Gasteiger charge is -2.43. The number of hydrogen-bond donors (Lipinski definition) is 2. The normalized spacial score (nSPS) is 29.6. The number of fused-ring (bicyclic) bond motifs is 1. The summed E-state index contributed by atoms with van der Waals surface area (Å²) in [5.74, 6) is 2.60. The molecule has 30 heavy (non-hydrogen) atoms. The van der Waals surface area contributed by atoms with Crippen LogP contribution in [0.25, 0.3) is 11.3 Å². The summed E-state index contributed by atoms with van der Waals surface area (Å²) in [4.78, 5) is 14.3. The van der Waals surface area contributed by atoms with E-state index in [1.54, 1.807) is 17.0 Å². The second-order valence-electron chi connectivity index (χ2n) is 9.49. The van der Waals surface area contributed by atoms with E-state index in [2.05, 4.69) is 6.07 Å². The summed E-state index contributed by atoms with van der Waals surface area (Å²) in [6.45, 7) is 4.79. The molecule has 1 aliphatic carbocycles. The highest BCUT2D eigenvalue weighted by Crippen LogP contribution is 2.29. The van der Waals surface area contributed by atoms with Gasteiger partial charge in [0.2, 0.25) is 0 Å². The van der Waals surface area contributed by atoms with E-state index in [9.17, 15) is 10.1 Å². The number of nitro groups is 1. The molecular formula is C24H33N3O3+2. The summed E-state index contributed by atoms with van der Waals surface area (Å²) in [5, 5.41) is 11.1. The molecule has 2 aliphatic heterocycles. The summed E-state index contributed by atoms with van der Waals surface area (Å²) in [7, 11) is 0. The standard InChI is InChI=1S/C24H31N3O3/c28-27(29)20-9-4-8-19(16-20)23-12-11-21(30-23)17-26-15-14-25-13-5-10-22(25)24(26)18-6-2-1-3-7-18/h4,8-9,11-12,16,18,22,24H,1-3,5-7,10,13-15,17H2/p+2/t22-,24+/m1/s1. The van der Waals surface area contributed by atoms with Gasteiger partial charge in [-0.1, -0.05) is 31.4 Å². The van der Waals surface area contributed by atoms with E-state index in [0.717, 1.165) is 41.6 Å². The molecule has 1 saturated carbocycles. The monoisotopic (exact) mass is 411 g/mol. The van der Waals surface area contributed by atoms with E-state index < -0.39 is 0 Å². The van der Waals surface area contributed by atoms with Crippen LogP contribution in [0.15, 0.2) is 40.8 Å². The Labute approximate surface area is 178 Å². The number of quaternary nitrogens is 2. The molecular weight excluding hydrogens is 378 g/mol. The smallest absolute Gasteiger partial charge is 0.270 e. The maximum absolute atomic E-state index is 11.1. The lowest BCUT2D eigenvalue weighted by atomic mass is 9.78. The number of nitrogens with one attached hydrogen (secondary N) is 2. The summed E-state index contributed by atoms with van der Waals surface area (Å²) >= 11 is 0. The van der Waals surface area contributed by atoms with Crippen molar-refractivity contribution >= 4 is 5.69 Å². The highest BCUT2D eigenvalue weighted by Gasteiger charge is 2.49. The van der Waals surface area contributed by atoms with Crippen molar-refractivity contribution in [2.45, 2.75) is 63.6 Å². The van der Waals surface area contributed by atoms with Crippen LogP contribution in [-0.4, -0.2) is 36.6 Å². The van der Waals surface area contributed by atoms with Gasteiger partial charge >= 0.3 is 0 Å². The molecule has 0 spiro atoms. The number of non-ortho nitro benzene ring substituents is 1. The predicted molar refractivity (Wildman–Crippen MR) is 114 cm³/mol. The fraction of sp³-hybridized carbons (Fsp3) is 0.583. The van der Waals surface area contributed by atoms with E-state index in [4.69, 9.17) is 4.42 Å². The van der Waals surface area contributed by atoms with Crippen LogP contribution in [0.3, 0.4) is 0 Å². The zero-order chi connectivity index (χ0) is 20.5. The average molecular weight is 412 g/mol. The first-order valence-corrected chi connectivity index (χ1v) is 11.7. The Balaban J connectivity index is 1.35. The molecule has 1 aromatic carbocycles. The van der Waals surface area contributed by atoms with E-state index in [-0.39, 0.29) is 10.6 Å². The summed E-state index contributed by atoms with van der Waals surface area (Å²) in [6, 6.07) is 12.4. The second-order valence-corrected chi connectivity index (χ2v) is 9.49. The van der Waals surface area contributed by atoms with Crippen LogP contribution in [0, 0.1) is 16.0 Å². The Morgan fingerprint density at radius 2 is 1.87 bits per heavy atom. The fourth-order valence-electron chi connectivity index (χ4n) is 6.44. The van der Waals surface area contributed by atoms with Crippen molar-refractivity contribution in [3.05, 3.63) is 52.3 Å². The first-order valence-electron chi connectivity index (χ1n) is 11.7. The maximum atomic E-state index is 11.1. The summed E-state index contributed by atoms with van der Waals surface area (Å²) in [5.41, 5.74) is 0.883.